The number of aryl methyl sites for hydroxylation is 1. The second-order valence-electron chi connectivity index (χ2n) is 8.13. The van der Waals surface area contributed by atoms with Crippen LogP contribution in [0, 0.1) is 0 Å². The van der Waals surface area contributed by atoms with E-state index in [1.807, 2.05) is 52.5 Å². The smallest absolute Gasteiger partial charge is 0.410 e. The van der Waals surface area contributed by atoms with Crippen molar-refractivity contribution in [2.24, 2.45) is 7.05 Å². The lowest BCUT2D eigenvalue weighted by molar-refractivity contribution is 0.0240. The van der Waals surface area contributed by atoms with Crippen molar-refractivity contribution in [3.8, 4) is 11.1 Å². The summed E-state index contributed by atoms with van der Waals surface area (Å²) in [7, 11) is 1.91. The van der Waals surface area contributed by atoms with Gasteiger partial charge in [0.15, 0.2) is 0 Å². The molecule has 3 aromatic rings. The Morgan fingerprint density at radius 3 is 2.57 bits per heavy atom. The molecular weight excluding hydrogens is 356 g/mol. The van der Waals surface area contributed by atoms with Gasteiger partial charge in [-0.2, -0.15) is 5.10 Å². The zero-order valence-electron chi connectivity index (χ0n) is 16.8. The van der Waals surface area contributed by atoms with E-state index >= 15 is 0 Å². The molecule has 0 aromatic carbocycles. The molecule has 8 heteroatoms. The van der Waals surface area contributed by atoms with Crippen molar-refractivity contribution in [2.75, 3.05) is 31.1 Å². The molecule has 8 nitrogen and oxygen atoms in total. The number of amides is 1. The number of ether oxygens (including phenoxy) is 1. The van der Waals surface area contributed by atoms with E-state index in [0.717, 1.165) is 41.1 Å². The first-order chi connectivity index (χ1) is 13.3. The van der Waals surface area contributed by atoms with Gasteiger partial charge in [0, 0.05) is 62.1 Å². The van der Waals surface area contributed by atoms with Crippen molar-refractivity contribution in [1.29, 1.82) is 0 Å². The first kappa shape index (κ1) is 18.3. The zero-order chi connectivity index (χ0) is 19.9. The van der Waals surface area contributed by atoms with Crippen LogP contribution in [0.1, 0.15) is 20.8 Å². The van der Waals surface area contributed by atoms with E-state index in [2.05, 4.69) is 21.0 Å². The maximum atomic E-state index is 12.2. The number of anilines is 1. The summed E-state index contributed by atoms with van der Waals surface area (Å²) >= 11 is 0. The van der Waals surface area contributed by atoms with E-state index < -0.39 is 5.60 Å². The Balaban J connectivity index is 1.47. The Morgan fingerprint density at radius 2 is 1.93 bits per heavy atom. The molecule has 1 aliphatic rings. The van der Waals surface area contributed by atoms with Crippen LogP contribution in [0.25, 0.3) is 22.2 Å². The minimum Gasteiger partial charge on any atom is -0.444 e. The summed E-state index contributed by atoms with van der Waals surface area (Å²) < 4.78 is 7.26. The van der Waals surface area contributed by atoms with Crippen LogP contribution in [-0.4, -0.2) is 62.5 Å². The number of hydrogen-bond acceptors (Lipinski definition) is 5. The number of nitrogens with one attached hydrogen (secondary N) is 1. The molecule has 28 heavy (non-hydrogen) atoms. The van der Waals surface area contributed by atoms with Gasteiger partial charge in [0.2, 0.25) is 0 Å². The molecule has 0 radical (unpaired) electrons. The van der Waals surface area contributed by atoms with Gasteiger partial charge in [0.1, 0.15) is 17.1 Å². The third kappa shape index (κ3) is 3.67. The van der Waals surface area contributed by atoms with Crippen LogP contribution >= 0.6 is 0 Å². The Labute approximate surface area is 164 Å². The molecule has 1 saturated heterocycles. The highest BCUT2D eigenvalue weighted by Gasteiger charge is 2.26. The summed E-state index contributed by atoms with van der Waals surface area (Å²) in [4.78, 5) is 24.2. The average molecular weight is 382 g/mol. The van der Waals surface area contributed by atoms with Gasteiger partial charge >= 0.3 is 6.09 Å². The molecule has 0 saturated carbocycles. The van der Waals surface area contributed by atoms with Gasteiger partial charge in [-0.25, -0.2) is 9.78 Å². The quantitative estimate of drug-likeness (QED) is 0.737. The highest BCUT2D eigenvalue weighted by atomic mass is 16.6. The Hall–Kier alpha value is -3.03. The average Bonchev–Trinajstić information content (AvgIpc) is 3.25. The maximum Gasteiger partial charge on any atom is 0.410 e. The number of piperazine rings is 1. The second kappa shape index (κ2) is 6.85. The highest BCUT2D eigenvalue weighted by molar-refractivity contribution is 5.94. The Morgan fingerprint density at radius 1 is 1.18 bits per heavy atom. The number of carbonyl (C=O) groups is 1. The fourth-order valence-corrected chi connectivity index (χ4v) is 3.41. The monoisotopic (exact) mass is 382 g/mol. The number of carbonyl (C=O) groups excluding carboxylic acids is 1. The first-order valence-corrected chi connectivity index (χ1v) is 9.50. The van der Waals surface area contributed by atoms with Crippen molar-refractivity contribution in [1.82, 2.24) is 24.6 Å². The summed E-state index contributed by atoms with van der Waals surface area (Å²) in [5.74, 6) is 0.913. The van der Waals surface area contributed by atoms with Crippen LogP contribution in [0.5, 0.6) is 0 Å². The second-order valence-corrected chi connectivity index (χ2v) is 8.13. The number of fused-ring (bicyclic) bond motifs is 1. The van der Waals surface area contributed by atoms with Crippen LogP contribution in [0.4, 0.5) is 10.6 Å². The lowest BCUT2D eigenvalue weighted by Crippen LogP contribution is -2.50. The normalized spacial score (nSPS) is 15.3. The third-order valence-corrected chi connectivity index (χ3v) is 4.80. The highest BCUT2D eigenvalue weighted by Crippen LogP contribution is 2.29. The van der Waals surface area contributed by atoms with Crippen LogP contribution < -0.4 is 4.90 Å². The lowest BCUT2D eigenvalue weighted by atomic mass is 10.1. The first-order valence-electron chi connectivity index (χ1n) is 9.50. The Kier molecular flexibility index (Phi) is 4.49. The van der Waals surface area contributed by atoms with Gasteiger partial charge in [0.05, 0.1) is 6.20 Å². The molecule has 0 unspecified atom stereocenters. The van der Waals surface area contributed by atoms with Crippen LogP contribution in [0.15, 0.2) is 30.7 Å². The largest absolute Gasteiger partial charge is 0.444 e. The Bertz CT molecular complexity index is 992. The van der Waals surface area contributed by atoms with E-state index in [1.165, 1.54) is 0 Å². The summed E-state index contributed by atoms with van der Waals surface area (Å²) in [6.45, 7) is 8.37. The van der Waals surface area contributed by atoms with Gasteiger partial charge in [-0.3, -0.25) is 4.68 Å². The fourth-order valence-electron chi connectivity index (χ4n) is 3.41. The third-order valence-electron chi connectivity index (χ3n) is 4.80. The van der Waals surface area contributed by atoms with Crippen molar-refractivity contribution < 1.29 is 9.53 Å². The molecule has 3 aromatic heterocycles. The molecule has 0 aliphatic carbocycles. The summed E-state index contributed by atoms with van der Waals surface area (Å²) in [6, 6.07) is 4.13. The molecule has 1 N–H and O–H groups in total. The van der Waals surface area contributed by atoms with Gasteiger partial charge in [-0.05, 0) is 32.9 Å². The van der Waals surface area contributed by atoms with Gasteiger partial charge in [-0.1, -0.05) is 0 Å². The number of hydrogen-bond donors (Lipinski definition) is 1. The van der Waals surface area contributed by atoms with Crippen LogP contribution in [0.3, 0.4) is 0 Å². The van der Waals surface area contributed by atoms with Gasteiger partial charge in [0.25, 0.3) is 0 Å². The molecule has 148 valence electrons. The molecule has 4 rings (SSSR count). The van der Waals surface area contributed by atoms with E-state index in [4.69, 9.17) is 9.72 Å². The fraction of sp³-hybridized carbons (Fsp3) is 0.450. The summed E-state index contributed by atoms with van der Waals surface area (Å²) in [5.41, 5.74) is 2.54. The molecule has 1 aliphatic heterocycles. The number of pyridine rings is 1. The molecule has 1 amide bonds. The minimum atomic E-state index is -0.472. The van der Waals surface area contributed by atoms with Gasteiger partial charge < -0.3 is 19.5 Å². The summed E-state index contributed by atoms with van der Waals surface area (Å²) in [5, 5.41) is 5.32. The van der Waals surface area contributed by atoms with E-state index in [-0.39, 0.29) is 6.09 Å². The van der Waals surface area contributed by atoms with Crippen molar-refractivity contribution in [3.63, 3.8) is 0 Å². The molecule has 0 bridgehead atoms. The van der Waals surface area contributed by atoms with Crippen molar-refractivity contribution >= 4 is 22.9 Å². The minimum absolute atomic E-state index is 0.249. The van der Waals surface area contributed by atoms with Crippen LogP contribution in [0.2, 0.25) is 0 Å². The maximum absolute atomic E-state index is 12.2. The van der Waals surface area contributed by atoms with E-state index in [9.17, 15) is 4.79 Å². The number of aromatic amines is 1. The lowest BCUT2D eigenvalue weighted by Gasteiger charge is -2.36. The molecular formula is C20H26N6O2. The SMILES string of the molecule is Cn1cc(-c2c[nH]c3nc(N4CCN(C(=O)OC(C)(C)C)CC4)ccc23)cn1. The standard InChI is InChI=1S/C20H26N6O2/c1-20(2,3)28-19(27)26-9-7-25(8-10-26)17-6-5-15-16(12-21-18(15)23-17)14-11-22-24(4)13-14/h5-6,11-13H,7-10H2,1-4H3,(H,21,23). The molecule has 4 heterocycles. The van der Waals surface area contributed by atoms with Gasteiger partial charge in [-0.15, -0.1) is 0 Å². The number of nitrogens with zero attached hydrogens (tertiary/aromatic N) is 5. The van der Waals surface area contributed by atoms with E-state index in [1.54, 1.807) is 9.58 Å². The molecule has 1 fully saturated rings. The predicted octanol–water partition coefficient (Wildman–Crippen LogP) is 3.02. The van der Waals surface area contributed by atoms with Crippen molar-refractivity contribution in [2.45, 2.75) is 26.4 Å². The van der Waals surface area contributed by atoms with E-state index in [0.29, 0.717) is 13.1 Å². The van der Waals surface area contributed by atoms with Crippen molar-refractivity contribution in [3.05, 3.63) is 30.7 Å². The number of aromatic nitrogens is 4. The predicted molar refractivity (Wildman–Crippen MR) is 108 cm³/mol. The summed E-state index contributed by atoms with van der Waals surface area (Å²) in [6.07, 6.45) is 5.57. The molecule has 0 spiro atoms. The topological polar surface area (TPSA) is 79.3 Å². The number of rotatable bonds is 2. The number of H-pyrrole nitrogens is 1. The zero-order valence-corrected chi connectivity index (χ0v) is 16.8. The molecule has 0 atom stereocenters. The van der Waals surface area contributed by atoms with Crippen LogP contribution in [-0.2, 0) is 11.8 Å².